The Morgan fingerprint density at radius 2 is 2.04 bits per heavy atom. The van der Waals surface area contributed by atoms with Crippen LogP contribution in [0.25, 0.3) is 10.9 Å². The third kappa shape index (κ3) is 3.44. The van der Waals surface area contributed by atoms with Gasteiger partial charge in [0.1, 0.15) is 5.82 Å². The van der Waals surface area contributed by atoms with Crippen molar-refractivity contribution in [2.24, 2.45) is 0 Å². The molecule has 4 rings (SSSR count). The van der Waals surface area contributed by atoms with Crippen molar-refractivity contribution in [2.45, 2.75) is 18.9 Å². The molecule has 1 atom stereocenters. The lowest BCUT2D eigenvalue weighted by Gasteiger charge is -2.41. The number of fused-ring (bicyclic) bond motifs is 1. The first-order valence-corrected chi connectivity index (χ1v) is 9.15. The number of pyridine rings is 1. The Labute approximate surface area is 155 Å². The van der Waals surface area contributed by atoms with Gasteiger partial charge in [0.25, 0.3) is 5.91 Å². The Kier molecular flexibility index (Phi) is 4.65. The minimum absolute atomic E-state index is 0.0111. The van der Waals surface area contributed by atoms with Crippen LogP contribution in [-0.4, -0.2) is 65.4 Å². The number of piperazine rings is 1. The van der Waals surface area contributed by atoms with Gasteiger partial charge in [0, 0.05) is 43.7 Å². The third-order valence-corrected chi connectivity index (χ3v) is 5.29. The second-order valence-corrected chi connectivity index (χ2v) is 7.05. The number of benzene rings is 1. The topological polar surface area (TPSA) is 85.5 Å². The van der Waals surface area contributed by atoms with E-state index in [1.807, 2.05) is 4.90 Å². The lowest BCUT2D eigenvalue weighted by atomic mass is 10.0. The fourth-order valence-electron chi connectivity index (χ4n) is 3.98. The molecular weight excluding hydrogens is 351 g/mol. The van der Waals surface area contributed by atoms with Crippen LogP contribution < -0.4 is 10.9 Å². The molecule has 1 aromatic heterocycles. The molecule has 0 radical (unpaired) electrons. The van der Waals surface area contributed by atoms with Crippen LogP contribution in [0.15, 0.2) is 29.1 Å². The van der Waals surface area contributed by atoms with Gasteiger partial charge in [-0.25, -0.2) is 4.39 Å². The van der Waals surface area contributed by atoms with E-state index in [4.69, 9.17) is 0 Å². The van der Waals surface area contributed by atoms with E-state index in [9.17, 15) is 18.8 Å². The fourth-order valence-corrected chi connectivity index (χ4v) is 3.98. The normalized spacial score (nSPS) is 20.9. The molecule has 2 N–H and O–H groups in total. The fraction of sp³-hybridized carbons (Fsp3) is 0.421. The van der Waals surface area contributed by atoms with Crippen molar-refractivity contribution < 1.29 is 14.0 Å². The van der Waals surface area contributed by atoms with Gasteiger partial charge in [0.2, 0.25) is 11.5 Å². The summed E-state index contributed by atoms with van der Waals surface area (Å²) in [5.74, 6) is -0.680. The largest absolute Gasteiger partial charge is 0.337 e. The first-order valence-electron chi connectivity index (χ1n) is 9.15. The number of amides is 2. The monoisotopic (exact) mass is 372 g/mol. The summed E-state index contributed by atoms with van der Waals surface area (Å²) in [4.78, 5) is 43.4. The van der Waals surface area contributed by atoms with Gasteiger partial charge in [-0.1, -0.05) is 0 Å². The van der Waals surface area contributed by atoms with Crippen molar-refractivity contribution in [1.29, 1.82) is 0 Å². The molecule has 142 valence electrons. The minimum atomic E-state index is -0.474. The quantitative estimate of drug-likeness (QED) is 0.813. The predicted molar refractivity (Wildman–Crippen MR) is 98.0 cm³/mol. The molecular formula is C19H21FN4O3. The number of halogens is 1. The molecule has 2 aliphatic heterocycles. The molecule has 0 saturated carbocycles. The third-order valence-electron chi connectivity index (χ3n) is 5.29. The molecule has 7 nitrogen and oxygen atoms in total. The van der Waals surface area contributed by atoms with E-state index in [0.29, 0.717) is 37.1 Å². The number of rotatable bonds is 2. The maximum atomic E-state index is 13.5. The van der Waals surface area contributed by atoms with Crippen molar-refractivity contribution in [3.63, 3.8) is 0 Å². The molecule has 0 aliphatic carbocycles. The summed E-state index contributed by atoms with van der Waals surface area (Å²) in [7, 11) is 0. The predicted octanol–water partition coefficient (Wildman–Crippen LogP) is 0.704. The number of H-pyrrole nitrogens is 1. The first-order chi connectivity index (χ1) is 13.0. The number of hydrogen-bond acceptors (Lipinski definition) is 4. The van der Waals surface area contributed by atoms with E-state index in [1.165, 1.54) is 24.3 Å². The van der Waals surface area contributed by atoms with Crippen LogP contribution in [-0.2, 0) is 4.79 Å². The number of nitrogens with one attached hydrogen (secondary N) is 2. The lowest BCUT2D eigenvalue weighted by Crippen LogP contribution is -2.57. The first kappa shape index (κ1) is 17.7. The van der Waals surface area contributed by atoms with Crippen molar-refractivity contribution in [3.8, 4) is 0 Å². The minimum Gasteiger partial charge on any atom is -0.337 e. The van der Waals surface area contributed by atoms with Crippen LogP contribution >= 0.6 is 0 Å². The molecule has 1 aromatic carbocycles. The number of piperidine rings is 1. The van der Waals surface area contributed by atoms with Crippen molar-refractivity contribution in [2.75, 3.05) is 32.7 Å². The van der Waals surface area contributed by atoms with Gasteiger partial charge in [-0.15, -0.1) is 0 Å². The summed E-state index contributed by atoms with van der Waals surface area (Å²) in [6, 6.07) is 5.25. The Morgan fingerprint density at radius 1 is 1.19 bits per heavy atom. The molecule has 0 bridgehead atoms. The molecule has 1 unspecified atom stereocenters. The highest BCUT2D eigenvalue weighted by Gasteiger charge is 2.32. The summed E-state index contributed by atoms with van der Waals surface area (Å²) < 4.78 is 13.5. The van der Waals surface area contributed by atoms with Gasteiger partial charge < -0.3 is 20.1 Å². The second kappa shape index (κ2) is 7.11. The maximum Gasteiger partial charge on any atom is 0.254 e. The van der Waals surface area contributed by atoms with Crippen molar-refractivity contribution in [3.05, 3.63) is 46.0 Å². The summed E-state index contributed by atoms with van der Waals surface area (Å²) in [5, 5.41) is 3.57. The molecule has 0 spiro atoms. The number of aromatic nitrogens is 1. The van der Waals surface area contributed by atoms with Gasteiger partial charge in [0.05, 0.1) is 17.6 Å². The molecule has 27 heavy (non-hydrogen) atoms. The van der Waals surface area contributed by atoms with Crippen LogP contribution in [0.2, 0.25) is 0 Å². The summed E-state index contributed by atoms with van der Waals surface area (Å²) in [6.07, 6.45) is 1.65. The number of likely N-dealkylation sites (tertiary alicyclic amines) is 1. The maximum absolute atomic E-state index is 13.5. The van der Waals surface area contributed by atoms with E-state index in [1.54, 1.807) is 4.90 Å². The standard InChI is InChI=1S/C19H21FN4O3/c20-12-3-4-14-15(9-17(25)22-16(14)8-12)19(27)23-6-1-2-13(11-23)24-7-5-21-10-18(24)26/h3-4,8-9,13,21H,1-2,5-7,10-11H2,(H,22,25). The molecule has 8 heteroatoms. The zero-order valence-electron chi connectivity index (χ0n) is 14.8. The van der Waals surface area contributed by atoms with E-state index < -0.39 is 11.4 Å². The molecule has 2 aromatic rings. The van der Waals surface area contributed by atoms with E-state index >= 15 is 0 Å². The van der Waals surface area contributed by atoms with Crippen LogP contribution in [0.5, 0.6) is 0 Å². The highest BCUT2D eigenvalue weighted by molar-refractivity contribution is 6.06. The number of hydrogen-bond donors (Lipinski definition) is 2. The molecule has 2 aliphatic rings. The highest BCUT2D eigenvalue weighted by atomic mass is 19.1. The summed E-state index contributed by atoms with van der Waals surface area (Å²) in [6.45, 7) is 2.74. The SMILES string of the molecule is O=C(c1cc(=O)[nH]c2cc(F)ccc12)N1CCCC(N2CCNCC2=O)C1. The molecule has 3 heterocycles. The Morgan fingerprint density at radius 3 is 2.85 bits per heavy atom. The van der Waals surface area contributed by atoms with Crippen molar-refractivity contribution >= 4 is 22.7 Å². The van der Waals surface area contributed by atoms with Crippen molar-refractivity contribution in [1.82, 2.24) is 20.1 Å². The Bertz CT molecular complexity index is 958. The van der Waals surface area contributed by atoms with Gasteiger partial charge >= 0.3 is 0 Å². The Hall–Kier alpha value is -2.74. The van der Waals surface area contributed by atoms with E-state index in [-0.39, 0.29) is 23.4 Å². The summed E-state index contributed by atoms with van der Waals surface area (Å²) in [5.41, 5.74) is 0.125. The van der Waals surface area contributed by atoms with Crippen LogP contribution in [0, 0.1) is 5.82 Å². The number of nitrogens with zero attached hydrogens (tertiary/aromatic N) is 2. The van der Waals surface area contributed by atoms with E-state index in [0.717, 1.165) is 19.4 Å². The second-order valence-electron chi connectivity index (χ2n) is 7.05. The highest BCUT2D eigenvalue weighted by Crippen LogP contribution is 2.22. The van der Waals surface area contributed by atoms with Gasteiger partial charge in [0.15, 0.2) is 0 Å². The summed E-state index contributed by atoms with van der Waals surface area (Å²) >= 11 is 0. The van der Waals surface area contributed by atoms with Gasteiger partial charge in [-0.2, -0.15) is 0 Å². The Balaban J connectivity index is 1.62. The smallest absolute Gasteiger partial charge is 0.254 e. The number of aromatic amines is 1. The zero-order valence-corrected chi connectivity index (χ0v) is 14.8. The number of carbonyl (C=O) groups excluding carboxylic acids is 2. The van der Waals surface area contributed by atoms with Crippen LogP contribution in [0.3, 0.4) is 0 Å². The zero-order chi connectivity index (χ0) is 19.0. The average molecular weight is 372 g/mol. The molecule has 2 amide bonds. The van der Waals surface area contributed by atoms with E-state index in [2.05, 4.69) is 10.3 Å². The average Bonchev–Trinajstić information content (AvgIpc) is 2.67. The van der Waals surface area contributed by atoms with Crippen LogP contribution in [0.4, 0.5) is 4.39 Å². The number of carbonyl (C=O) groups is 2. The van der Waals surface area contributed by atoms with Crippen LogP contribution in [0.1, 0.15) is 23.2 Å². The molecule has 2 fully saturated rings. The van der Waals surface area contributed by atoms with Gasteiger partial charge in [-0.3, -0.25) is 14.4 Å². The molecule has 2 saturated heterocycles. The lowest BCUT2D eigenvalue weighted by molar-refractivity contribution is -0.135. The van der Waals surface area contributed by atoms with Gasteiger partial charge in [-0.05, 0) is 31.0 Å².